The number of nitrogens with two attached hydrogens (primary N) is 1. The Morgan fingerprint density at radius 1 is 1.38 bits per heavy atom. The van der Waals surface area contributed by atoms with Gasteiger partial charge in [0.05, 0.1) is 5.01 Å². The first kappa shape index (κ1) is 14.2. The van der Waals surface area contributed by atoms with Crippen LogP contribution in [0.1, 0.15) is 26.6 Å². The zero-order chi connectivity index (χ0) is 14.8. The summed E-state index contributed by atoms with van der Waals surface area (Å²) in [5, 5.41) is 2.77. The van der Waals surface area contributed by atoms with E-state index in [4.69, 9.17) is 5.73 Å². The summed E-state index contributed by atoms with van der Waals surface area (Å²) in [5.41, 5.74) is 8.77. The van der Waals surface area contributed by atoms with Gasteiger partial charge in [0.25, 0.3) is 5.91 Å². The number of fused-ring (bicyclic) bond motifs is 1. The number of aromatic nitrogens is 1. The Bertz CT molecular complexity index is 627. The Morgan fingerprint density at radius 2 is 2.05 bits per heavy atom. The van der Waals surface area contributed by atoms with E-state index in [0.717, 1.165) is 24.3 Å². The molecule has 3 rings (SSSR count). The van der Waals surface area contributed by atoms with Crippen molar-refractivity contribution in [1.29, 1.82) is 0 Å². The zero-order valence-electron chi connectivity index (χ0n) is 12.1. The van der Waals surface area contributed by atoms with Crippen LogP contribution >= 0.6 is 11.3 Å². The fourth-order valence-electron chi connectivity index (χ4n) is 2.80. The third kappa shape index (κ3) is 2.84. The normalized spacial score (nSPS) is 14.2. The molecule has 21 heavy (non-hydrogen) atoms. The van der Waals surface area contributed by atoms with Crippen LogP contribution in [0.4, 0.5) is 0 Å². The minimum atomic E-state index is 0.00678. The number of likely N-dealkylation sites (N-methyl/N-ethyl adjacent to an activating group) is 1. The Labute approximate surface area is 128 Å². The lowest BCUT2D eigenvalue weighted by Crippen LogP contribution is -2.37. The van der Waals surface area contributed by atoms with Crippen LogP contribution in [-0.4, -0.2) is 35.4 Å². The second-order valence-corrected chi connectivity index (χ2v) is 6.35. The van der Waals surface area contributed by atoms with Gasteiger partial charge in [0.2, 0.25) is 0 Å². The van der Waals surface area contributed by atoms with Gasteiger partial charge in [0.1, 0.15) is 5.69 Å². The standard InChI is InChI=1S/C16H19N3OS/c1-19(13-8-11-4-2-3-5-12(11)9-13)16(20)14-10-21-15(18-14)6-7-17/h2-5,10,13H,6-9,17H2,1H3. The molecule has 0 atom stereocenters. The first-order valence-corrected chi connectivity index (χ1v) is 8.05. The van der Waals surface area contributed by atoms with Gasteiger partial charge in [-0.05, 0) is 30.5 Å². The zero-order valence-corrected chi connectivity index (χ0v) is 12.9. The highest BCUT2D eigenvalue weighted by Crippen LogP contribution is 2.25. The molecule has 4 nitrogen and oxygen atoms in total. The predicted molar refractivity (Wildman–Crippen MR) is 84.6 cm³/mol. The monoisotopic (exact) mass is 301 g/mol. The first-order chi connectivity index (χ1) is 10.2. The predicted octanol–water partition coefficient (Wildman–Crippen LogP) is 1.88. The third-order valence-electron chi connectivity index (χ3n) is 4.03. The average Bonchev–Trinajstić information content (AvgIpc) is 3.12. The summed E-state index contributed by atoms with van der Waals surface area (Å²) in [5.74, 6) is 0.00678. The molecule has 1 aliphatic carbocycles. The van der Waals surface area contributed by atoms with Crippen LogP contribution in [0, 0.1) is 0 Å². The van der Waals surface area contributed by atoms with E-state index < -0.39 is 0 Å². The van der Waals surface area contributed by atoms with Crippen LogP contribution in [0.25, 0.3) is 0 Å². The summed E-state index contributed by atoms with van der Waals surface area (Å²) < 4.78 is 0. The molecule has 1 heterocycles. The van der Waals surface area contributed by atoms with E-state index in [1.54, 1.807) is 0 Å². The van der Waals surface area contributed by atoms with E-state index in [9.17, 15) is 4.79 Å². The molecule has 0 aliphatic heterocycles. The third-order valence-corrected chi connectivity index (χ3v) is 4.94. The van der Waals surface area contributed by atoms with Crippen LogP contribution in [0.5, 0.6) is 0 Å². The Balaban J connectivity index is 1.71. The SMILES string of the molecule is CN(C(=O)c1csc(CCN)n1)C1Cc2ccccc2C1. The van der Waals surface area contributed by atoms with E-state index in [1.165, 1.54) is 22.5 Å². The molecule has 0 unspecified atom stereocenters. The number of benzene rings is 1. The van der Waals surface area contributed by atoms with Crippen molar-refractivity contribution < 1.29 is 4.79 Å². The fourth-order valence-corrected chi connectivity index (χ4v) is 3.59. The molecule has 0 fully saturated rings. The van der Waals surface area contributed by atoms with Crippen LogP contribution in [0.2, 0.25) is 0 Å². The van der Waals surface area contributed by atoms with Crippen molar-refractivity contribution in [3.63, 3.8) is 0 Å². The molecule has 0 spiro atoms. The summed E-state index contributed by atoms with van der Waals surface area (Å²) in [7, 11) is 1.88. The molecule has 2 aromatic rings. The van der Waals surface area contributed by atoms with E-state index in [1.807, 2.05) is 17.3 Å². The van der Waals surface area contributed by atoms with Gasteiger partial charge in [-0.1, -0.05) is 24.3 Å². The number of nitrogens with zero attached hydrogens (tertiary/aromatic N) is 2. The maximum Gasteiger partial charge on any atom is 0.273 e. The van der Waals surface area contributed by atoms with Gasteiger partial charge in [-0.3, -0.25) is 4.79 Å². The lowest BCUT2D eigenvalue weighted by molar-refractivity contribution is 0.0732. The van der Waals surface area contributed by atoms with Gasteiger partial charge in [0.15, 0.2) is 0 Å². The molecule has 110 valence electrons. The van der Waals surface area contributed by atoms with E-state index >= 15 is 0 Å². The molecule has 5 heteroatoms. The van der Waals surface area contributed by atoms with Crippen molar-refractivity contribution in [2.45, 2.75) is 25.3 Å². The van der Waals surface area contributed by atoms with Crippen molar-refractivity contribution >= 4 is 17.2 Å². The molecule has 1 aliphatic rings. The lowest BCUT2D eigenvalue weighted by atomic mass is 10.1. The summed E-state index contributed by atoms with van der Waals surface area (Å²) in [6.45, 7) is 0.564. The van der Waals surface area contributed by atoms with Gasteiger partial charge in [-0.25, -0.2) is 4.98 Å². The van der Waals surface area contributed by atoms with Crippen molar-refractivity contribution in [1.82, 2.24) is 9.88 Å². The Kier molecular flexibility index (Phi) is 4.03. The summed E-state index contributed by atoms with van der Waals surface area (Å²) in [4.78, 5) is 18.8. The number of thiazole rings is 1. The number of carbonyl (C=O) groups excluding carboxylic acids is 1. The maximum atomic E-state index is 12.5. The molecular weight excluding hydrogens is 282 g/mol. The molecule has 0 bridgehead atoms. The smallest absolute Gasteiger partial charge is 0.273 e. The second kappa shape index (κ2) is 5.95. The minimum absolute atomic E-state index is 0.00678. The van der Waals surface area contributed by atoms with Crippen molar-refractivity contribution in [3.05, 3.63) is 51.5 Å². The highest BCUT2D eigenvalue weighted by atomic mass is 32.1. The first-order valence-electron chi connectivity index (χ1n) is 7.17. The Hall–Kier alpha value is -1.72. The number of hydrogen-bond acceptors (Lipinski definition) is 4. The quantitative estimate of drug-likeness (QED) is 0.938. The van der Waals surface area contributed by atoms with E-state index in [-0.39, 0.29) is 11.9 Å². The number of hydrogen-bond donors (Lipinski definition) is 1. The van der Waals surface area contributed by atoms with Gasteiger partial charge in [-0.15, -0.1) is 11.3 Å². The average molecular weight is 301 g/mol. The number of amides is 1. The molecule has 2 N–H and O–H groups in total. The Morgan fingerprint density at radius 3 is 2.67 bits per heavy atom. The molecular formula is C16H19N3OS. The van der Waals surface area contributed by atoms with Crippen LogP contribution < -0.4 is 5.73 Å². The molecule has 0 radical (unpaired) electrons. The minimum Gasteiger partial charge on any atom is -0.337 e. The molecule has 0 saturated carbocycles. The number of rotatable bonds is 4. The lowest BCUT2D eigenvalue weighted by Gasteiger charge is -2.23. The van der Waals surface area contributed by atoms with E-state index in [0.29, 0.717) is 12.2 Å². The van der Waals surface area contributed by atoms with Crippen molar-refractivity contribution in [3.8, 4) is 0 Å². The topological polar surface area (TPSA) is 59.2 Å². The summed E-state index contributed by atoms with van der Waals surface area (Å²) in [6, 6.07) is 8.64. The fraction of sp³-hybridized carbons (Fsp3) is 0.375. The van der Waals surface area contributed by atoms with Gasteiger partial charge < -0.3 is 10.6 Å². The number of carbonyl (C=O) groups is 1. The van der Waals surface area contributed by atoms with Gasteiger partial charge in [-0.2, -0.15) is 0 Å². The van der Waals surface area contributed by atoms with Crippen LogP contribution in [-0.2, 0) is 19.3 Å². The molecule has 0 saturated heterocycles. The summed E-state index contributed by atoms with van der Waals surface area (Å²) in [6.07, 6.45) is 2.59. The van der Waals surface area contributed by atoms with Crippen LogP contribution in [0.3, 0.4) is 0 Å². The summed E-state index contributed by atoms with van der Waals surface area (Å²) >= 11 is 1.51. The molecule has 1 aromatic heterocycles. The highest BCUT2D eigenvalue weighted by molar-refractivity contribution is 7.09. The maximum absolute atomic E-state index is 12.5. The largest absolute Gasteiger partial charge is 0.337 e. The highest BCUT2D eigenvalue weighted by Gasteiger charge is 2.28. The van der Waals surface area contributed by atoms with Crippen molar-refractivity contribution in [2.24, 2.45) is 5.73 Å². The van der Waals surface area contributed by atoms with Gasteiger partial charge in [0, 0.05) is 24.9 Å². The molecule has 1 aromatic carbocycles. The van der Waals surface area contributed by atoms with Crippen LogP contribution in [0.15, 0.2) is 29.6 Å². The second-order valence-electron chi connectivity index (χ2n) is 5.41. The van der Waals surface area contributed by atoms with Gasteiger partial charge >= 0.3 is 0 Å². The molecule has 1 amide bonds. The van der Waals surface area contributed by atoms with Crippen molar-refractivity contribution in [2.75, 3.05) is 13.6 Å². The van der Waals surface area contributed by atoms with E-state index in [2.05, 4.69) is 29.2 Å².